The third-order valence-corrected chi connectivity index (χ3v) is 7.66. The minimum atomic E-state index is -0.787. The van der Waals surface area contributed by atoms with Crippen LogP contribution in [0.4, 0.5) is 5.13 Å². The van der Waals surface area contributed by atoms with E-state index in [1.54, 1.807) is 24.3 Å². The Morgan fingerprint density at radius 2 is 1.69 bits per heavy atom. The van der Waals surface area contributed by atoms with E-state index in [1.807, 2.05) is 42.5 Å². The van der Waals surface area contributed by atoms with Gasteiger partial charge in [0.2, 0.25) is 0 Å². The fourth-order valence-corrected chi connectivity index (χ4v) is 5.60. The van der Waals surface area contributed by atoms with E-state index in [1.165, 1.54) is 21.8 Å². The lowest BCUT2D eigenvalue weighted by atomic mass is 9.85. The van der Waals surface area contributed by atoms with Crippen LogP contribution in [0.25, 0.3) is 16.0 Å². The van der Waals surface area contributed by atoms with E-state index in [-0.39, 0.29) is 16.7 Å². The van der Waals surface area contributed by atoms with Crippen molar-refractivity contribution in [2.75, 3.05) is 4.90 Å². The highest BCUT2D eigenvalue weighted by Crippen LogP contribution is 2.44. The van der Waals surface area contributed by atoms with Gasteiger partial charge in [0.05, 0.1) is 21.8 Å². The number of aliphatic hydroxyl groups is 1. The van der Waals surface area contributed by atoms with Crippen LogP contribution in [0.1, 0.15) is 56.0 Å². The third-order valence-electron chi connectivity index (χ3n) is 6.64. The Bertz CT molecular complexity index is 1490. The number of Topliss-reactive ketones (excluding diaryl/α,β-unsaturated/α-hetero) is 1. The molecule has 1 atom stereocenters. The molecule has 4 aromatic rings. The van der Waals surface area contributed by atoms with E-state index in [9.17, 15) is 14.7 Å². The van der Waals surface area contributed by atoms with Crippen molar-refractivity contribution in [1.82, 2.24) is 4.98 Å². The van der Waals surface area contributed by atoms with Crippen LogP contribution in [0.5, 0.6) is 0 Å². The lowest BCUT2D eigenvalue weighted by Gasteiger charge is -2.24. The fourth-order valence-electron chi connectivity index (χ4n) is 4.54. The molecule has 1 aliphatic rings. The summed E-state index contributed by atoms with van der Waals surface area (Å²) in [5.74, 6) is -1.59. The van der Waals surface area contributed by atoms with Crippen LogP contribution in [0.15, 0.2) is 78.4 Å². The van der Waals surface area contributed by atoms with Crippen LogP contribution in [-0.2, 0) is 21.4 Å². The third kappa shape index (κ3) is 4.11. The highest BCUT2D eigenvalue weighted by atomic mass is 32.1. The summed E-state index contributed by atoms with van der Waals surface area (Å²) in [7, 11) is 0. The Labute approximate surface area is 214 Å². The van der Waals surface area contributed by atoms with Crippen molar-refractivity contribution in [3.05, 3.63) is 101 Å². The first-order valence-corrected chi connectivity index (χ1v) is 12.9. The Balaban J connectivity index is 1.70. The molecule has 1 saturated heterocycles. The van der Waals surface area contributed by atoms with Crippen molar-refractivity contribution in [1.29, 1.82) is 0 Å². The maximum atomic E-state index is 13.5. The SMILES string of the molecule is CCc1ccc2nc(N3C(=O)C(=O)C(=C(O)c4ccccc4)C3c3ccc(C(C)(C)C)cc3)sc2c1. The molecular formula is C30H28N2O3S. The summed E-state index contributed by atoms with van der Waals surface area (Å²) in [4.78, 5) is 33.0. The summed E-state index contributed by atoms with van der Waals surface area (Å²) >= 11 is 1.38. The number of hydrogen-bond acceptors (Lipinski definition) is 5. The minimum absolute atomic E-state index is 0.0472. The average molecular weight is 497 g/mol. The summed E-state index contributed by atoms with van der Waals surface area (Å²) in [6.07, 6.45) is 0.894. The van der Waals surface area contributed by atoms with Crippen LogP contribution < -0.4 is 4.90 Å². The van der Waals surface area contributed by atoms with Crippen molar-refractivity contribution >= 4 is 44.1 Å². The first-order valence-electron chi connectivity index (χ1n) is 12.1. The van der Waals surface area contributed by atoms with Crippen molar-refractivity contribution in [3.8, 4) is 0 Å². The van der Waals surface area contributed by atoms with Gasteiger partial charge in [-0.2, -0.15) is 0 Å². The van der Waals surface area contributed by atoms with Gasteiger partial charge in [0.15, 0.2) is 5.13 Å². The van der Waals surface area contributed by atoms with Gasteiger partial charge in [0, 0.05) is 5.56 Å². The molecular weight excluding hydrogens is 468 g/mol. The molecule has 0 aliphatic carbocycles. The number of amides is 1. The summed E-state index contributed by atoms with van der Waals surface area (Å²) < 4.78 is 0.955. The highest BCUT2D eigenvalue weighted by Gasteiger charge is 2.48. The zero-order valence-corrected chi connectivity index (χ0v) is 21.6. The van der Waals surface area contributed by atoms with Gasteiger partial charge in [-0.1, -0.05) is 99.7 Å². The van der Waals surface area contributed by atoms with Gasteiger partial charge in [0.1, 0.15) is 5.76 Å². The predicted molar refractivity (Wildman–Crippen MR) is 145 cm³/mol. The van der Waals surface area contributed by atoms with Crippen LogP contribution >= 0.6 is 11.3 Å². The smallest absolute Gasteiger partial charge is 0.301 e. The zero-order chi connectivity index (χ0) is 25.6. The van der Waals surface area contributed by atoms with Crippen molar-refractivity contribution in [2.24, 2.45) is 0 Å². The van der Waals surface area contributed by atoms with Crippen molar-refractivity contribution < 1.29 is 14.7 Å². The van der Waals surface area contributed by atoms with Crippen molar-refractivity contribution in [3.63, 3.8) is 0 Å². The molecule has 1 unspecified atom stereocenters. The molecule has 1 fully saturated rings. The monoisotopic (exact) mass is 496 g/mol. The number of nitrogens with zero attached hydrogens (tertiary/aromatic N) is 2. The van der Waals surface area contributed by atoms with Gasteiger partial charge in [-0.15, -0.1) is 0 Å². The van der Waals surface area contributed by atoms with Crippen molar-refractivity contribution in [2.45, 2.75) is 45.6 Å². The molecule has 36 heavy (non-hydrogen) atoms. The Hall–Kier alpha value is -3.77. The molecule has 0 bridgehead atoms. The number of anilines is 1. The van der Waals surface area contributed by atoms with Crippen LogP contribution in [-0.4, -0.2) is 21.8 Å². The first kappa shape index (κ1) is 23.9. The van der Waals surface area contributed by atoms with E-state index >= 15 is 0 Å². The van der Waals surface area contributed by atoms with Gasteiger partial charge in [-0.3, -0.25) is 14.5 Å². The maximum absolute atomic E-state index is 13.5. The number of thiazole rings is 1. The number of benzene rings is 3. The van der Waals surface area contributed by atoms with E-state index < -0.39 is 17.7 Å². The molecule has 1 aromatic heterocycles. The van der Waals surface area contributed by atoms with Crippen LogP contribution in [0.3, 0.4) is 0 Å². The second-order valence-electron chi connectivity index (χ2n) is 10.1. The zero-order valence-electron chi connectivity index (χ0n) is 20.8. The van der Waals surface area contributed by atoms with E-state index in [0.717, 1.165) is 27.8 Å². The molecule has 5 rings (SSSR count). The number of fused-ring (bicyclic) bond motifs is 1. The summed E-state index contributed by atoms with van der Waals surface area (Å²) in [6, 6.07) is 22.0. The Kier molecular flexibility index (Phi) is 6.00. The molecule has 0 spiro atoms. The molecule has 182 valence electrons. The summed E-state index contributed by atoms with van der Waals surface area (Å²) in [5.41, 5.74) is 4.35. The van der Waals surface area contributed by atoms with Gasteiger partial charge in [-0.05, 0) is 40.7 Å². The van der Waals surface area contributed by atoms with E-state index in [0.29, 0.717) is 10.7 Å². The van der Waals surface area contributed by atoms with Crippen LogP contribution in [0.2, 0.25) is 0 Å². The van der Waals surface area contributed by atoms with E-state index in [2.05, 4.69) is 33.8 Å². The number of carbonyl (C=O) groups is 2. The van der Waals surface area contributed by atoms with Gasteiger partial charge in [0.25, 0.3) is 5.78 Å². The number of ketones is 1. The topological polar surface area (TPSA) is 70.5 Å². The molecule has 1 amide bonds. The lowest BCUT2D eigenvalue weighted by molar-refractivity contribution is -0.132. The van der Waals surface area contributed by atoms with Gasteiger partial charge in [-0.25, -0.2) is 4.98 Å². The highest BCUT2D eigenvalue weighted by molar-refractivity contribution is 7.22. The lowest BCUT2D eigenvalue weighted by Crippen LogP contribution is -2.29. The number of carbonyl (C=O) groups excluding carboxylic acids is 2. The number of rotatable bonds is 4. The second kappa shape index (κ2) is 9.03. The average Bonchev–Trinajstić information content (AvgIpc) is 3.41. The normalized spacial score (nSPS) is 17.8. The number of hydrogen-bond donors (Lipinski definition) is 1. The standard InChI is InChI=1S/C30H28N2O3S/c1-5-18-11-16-22-23(17-18)36-29(31-22)32-25(19-12-14-21(15-13-19)30(2,3)4)24(27(34)28(32)35)26(33)20-9-7-6-8-10-20/h6-17,25,33H,5H2,1-4H3. The maximum Gasteiger partial charge on any atom is 0.301 e. The van der Waals surface area contributed by atoms with Gasteiger partial charge < -0.3 is 5.11 Å². The van der Waals surface area contributed by atoms with E-state index in [4.69, 9.17) is 4.98 Å². The Morgan fingerprint density at radius 3 is 2.33 bits per heavy atom. The first-order chi connectivity index (χ1) is 17.2. The number of aliphatic hydroxyl groups excluding tert-OH is 1. The number of aryl methyl sites for hydroxylation is 1. The van der Waals surface area contributed by atoms with Gasteiger partial charge >= 0.3 is 5.91 Å². The minimum Gasteiger partial charge on any atom is -0.507 e. The predicted octanol–water partition coefficient (Wildman–Crippen LogP) is 6.78. The molecule has 3 aromatic carbocycles. The second-order valence-corrected chi connectivity index (χ2v) is 11.1. The largest absolute Gasteiger partial charge is 0.507 e. The number of aromatic nitrogens is 1. The molecule has 5 nitrogen and oxygen atoms in total. The molecule has 1 aliphatic heterocycles. The molecule has 0 radical (unpaired) electrons. The molecule has 2 heterocycles. The molecule has 0 saturated carbocycles. The molecule has 1 N–H and O–H groups in total. The fraction of sp³-hybridized carbons (Fsp3) is 0.233. The molecule has 6 heteroatoms. The summed E-state index contributed by atoms with van der Waals surface area (Å²) in [6.45, 7) is 8.49. The quantitative estimate of drug-likeness (QED) is 0.192. The Morgan fingerprint density at radius 1 is 1.00 bits per heavy atom. The van der Waals surface area contributed by atoms with Crippen LogP contribution in [0, 0.1) is 0 Å². The summed E-state index contributed by atoms with van der Waals surface area (Å²) in [5, 5.41) is 11.7.